The van der Waals surface area contributed by atoms with Crippen molar-refractivity contribution in [3.8, 4) is 0 Å². The van der Waals surface area contributed by atoms with Crippen LogP contribution in [0.5, 0.6) is 0 Å². The van der Waals surface area contributed by atoms with E-state index in [0.29, 0.717) is 6.42 Å². The number of hydrogen-bond donors (Lipinski definition) is 0. The maximum atomic E-state index is 12.9. The highest BCUT2D eigenvalue weighted by Crippen LogP contribution is 2.60. The van der Waals surface area contributed by atoms with Gasteiger partial charge in [0.15, 0.2) is 0 Å². The lowest BCUT2D eigenvalue weighted by Crippen LogP contribution is -2.55. The number of halogens is 4. The maximum Gasteiger partial charge on any atom is 0.336 e. The van der Waals surface area contributed by atoms with Gasteiger partial charge in [-0.15, -0.1) is 6.58 Å². The molecular weight excluding hydrogens is 196 g/mol. The van der Waals surface area contributed by atoms with Crippen LogP contribution in [0.3, 0.4) is 0 Å². The summed E-state index contributed by atoms with van der Waals surface area (Å²) in [4.78, 5) is 0. The van der Waals surface area contributed by atoms with E-state index in [-0.39, 0.29) is 29.9 Å². The first-order valence-corrected chi connectivity index (χ1v) is 4.52. The zero-order chi connectivity index (χ0) is 10.6. The third kappa shape index (κ3) is 0.940. The van der Waals surface area contributed by atoms with Gasteiger partial charge in [0.2, 0.25) is 0 Å². The van der Waals surface area contributed by atoms with Crippen LogP contribution >= 0.6 is 0 Å². The Morgan fingerprint density at radius 3 is 2.29 bits per heavy atom. The van der Waals surface area contributed by atoms with Gasteiger partial charge in [-0.3, -0.25) is 0 Å². The van der Waals surface area contributed by atoms with E-state index in [1.165, 1.54) is 0 Å². The number of alkyl halides is 4. The van der Waals surface area contributed by atoms with Crippen molar-refractivity contribution in [3.05, 3.63) is 23.8 Å². The standard InChI is InChI=1S/C10H10F4/c1-2-6-3-4-7-8(5-6)10(13,14)9(7,11)12/h2,6H,1,3-5H2. The first-order valence-electron chi connectivity index (χ1n) is 4.52. The molecular formula is C10H10F4. The van der Waals surface area contributed by atoms with Crippen LogP contribution in [0, 0.1) is 5.92 Å². The van der Waals surface area contributed by atoms with Gasteiger partial charge in [-0.05, 0) is 25.2 Å². The van der Waals surface area contributed by atoms with Crippen LogP contribution in [0.2, 0.25) is 0 Å². The van der Waals surface area contributed by atoms with Crippen molar-refractivity contribution in [1.29, 1.82) is 0 Å². The highest BCUT2D eigenvalue weighted by atomic mass is 19.3. The summed E-state index contributed by atoms with van der Waals surface area (Å²) in [5.74, 6) is -7.88. The lowest BCUT2D eigenvalue weighted by molar-refractivity contribution is -0.197. The highest BCUT2D eigenvalue weighted by molar-refractivity contribution is 5.45. The predicted molar refractivity (Wildman–Crippen MR) is 44.5 cm³/mol. The zero-order valence-corrected chi connectivity index (χ0v) is 7.49. The summed E-state index contributed by atoms with van der Waals surface area (Å²) in [6.45, 7) is 3.50. The van der Waals surface area contributed by atoms with Crippen LogP contribution in [-0.2, 0) is 0 Å². The molecule has 0 aromatic rings. The second-order valence-electron chi connectivity index (χ2n) is 3.84. The summed E-state index contributed by atoms with van der Waals surface area (Å²) in [5, 5.41) is 0. The second-order valence-corrected chi connectivity index (χ2v) is 3.84. The van der Waals surface area contributed by atoms with Crippen molar-refractivity contribution in [1.82, 2.24) is 0 Å². The fourth-order valence-electron chi connectivity index (χ4n) is 2.15. The molecule has 0 aromatic heterocycles. The summed E-state index contributed by atoms with van der Waals surface area (Å²) in [7, 11) is 0. The van der Waals surface area contributed by atoms with Gasteiger partial charge in [-0.2, -0.15) is 17.6 Å². The number of allylic oxidation sites excluding steroid dienone is 3. The van der Waals surface area contributed by atoms with Crippen molar-refractivity contribution in [3.63, 3.8) is 0 Å². The topological polar surface area (TPSA) is 0 Å². The molecule has 1 unspecified atom stereocenters. The summed E-state index contributed by atoms with van der Waals surface area (Å²) < 4.78 is 51.5. The molecule has 2 rings (SSSR count). The lowest BCUT2D eigenvalue weighted by Gasteiger charge is -2.45. The Labute approximate surface area is 79.3 Å². The van der Waals surface area contributed by atoms with Gasteiger partial charge in [0.25, 0.3) is 0 Å². The fraction of sp³-hybridized carbons (Fsp3) is 0.600. The van der Waals surface area contributed by atoms with Crippen LogP contribution in [0.4, 0.5) is 17.6 Å². The maximum absolute atomic E-state index is 12.9. The minimum Gasteiger partial charge on any atom is -0.194 e. The molecule has 0 saturated heterocycles. The molecule has 0 heterocycles. The summed E-state index contributed by atoms with van der Waals surface area (Å²) in [6, 6.07) is 0. The molecule has 0 N–H and O–H groups in total. The van der Waals surface area contributed by atoms with E-state index in [0.717, 1.165) is 0 Å². The molecule has 1 atom stereocenters. The normalized spacial score (nSPS) is 33.3. The summed E-state index contributed by atoms with van der Waals surface area (Å²) in [5.41, 5.74) is -0.681. The Balaban J connectivity index is 2.32. The molecule has 0 fully saturated rings. The van der Waals surface area contributed by atoms with Crippen molar-refractivity contribution in [2.45, 2.75) is 31.1 Å². The Morgan fingerprint density at radius 1 is 1.14 bits per heavy atom. The lowest BCUT2D eigenvalue weighted by atomic mass is 9.69. The first-order chi connectivity index (χ1) is 6.41. The van der Waals surface area contributed by atoms with E-state index in [9.17, 15) is 17.6 Å². The predicted octanol–water partition coefficient (Wildman–Crippen LogP) is 3.55. The van der Waals surface area contributed by atoms with Crippen molar-refractivity contribution in [2.24, 2.45) is 5.92 Å². The molecule has 0 nitrogen and oxygen atoms in total. The van der Waals surface area contributed by atoms with Gasteiger partial charge < -0.3 is 0 Å². The molecule has 0 bridgehead atoms. The van der Waals surface area contributed by atoms with E-state index < -0.39 is 11.8 Å². The van der Waals surface area contributed by atoms with Gasteiger partial charge in [0.05, 0.1) is 0 Å². The Hall–Kier alpha value is -0.800. The van der Waals surface area contributed by atoms with Gasteiger partial charge in [-0.25, -0.2) is 0 Å². The molecule has 0 aromatic carbocycles. The fourth-order valence-corrected chi connectivity index (χ4v) is 2.15. The third-order valence-corrected chi connectivity index (χ3v) is 3.08. The monoisotopic (exact) mass is 206 g/mol. The Bertz CT molecular complexity index is 314. The van der Waals surface area contributed by atoms with Crippen LogP contribution in [0.25, 0.3) is 0 Å². The van der Waals surface area contributed by atoms with E-state index in [1.807, 2.05) is 0 Å². The number of hydrogen-bond acceptors (Lipinski definition) is 0. The average molecular weight is 206 g/mol. The SMILES string of the molecule is C=CC1CCC2=C(C1)C(F)(F)C2(F)F. The van der Waals surface area contributed by atoms with Crippen molar-refractivity contribution >= 4 is 0 Å². The molecule has 2 aliphatic carbocycles. The summed E-state index contributed by atoms with van der Waals surface area (Å²) >= 11 is 0. The van der Waals surface area contributed by atoms with Crippen LogP contribution in [-0.4, -0.2) is 11.8 Å². The van der Waals surface area contributed by atoms with Gasteiger partial charge >= 0.3 is 11.8 Å². The first kappa shape index (κ1) is 9.74. The zero-order valence-electron chi connectivity index (χ0n) is 7.49. The molecule has 0 radical (unpaired) electrons. The largest absolute Gasteiger partial charge is 0.336 e. The molecule has 0 amide bonds. The minimum atomic E-state index is -3.91. The van der Waals surface area contributed by atoms with E-state index in [4.69, 9.17) is 0 Å². The molecule has 2 aliphatic rings. The Kier molecular flexibility index (Phi) is 1.82. The third-order valence-electron chi connectivity index (χ3n) is 3.08. The molecule has 0 spiro atoms. The molecule has 0 aliphatic heterocycles. The van der Waals surface area contributed by atoms with Crippen LogP contribution < -0.4 is 0 Å². The minimum absolute atomic E-state index is 0.0431. The smallest absolute Gasteiger partial charge is 0.194 e. The van der Waals surface area contributed by atoms with Gasteiger partial charge in [-0.1, -0.05) is 6.08 Å². The van der Waals surface area contributed by atoms with E-state index >= 15 is 0 Å². The van der Waals surface area contributed by atoms with Crippen molar-refractivity contribution < 1.29 is 17.6 Å². The summed E-state index contributed by atoms with van der Waals surface area (Å²) in [6.07, 6.45) is 2.19. The van der Waals surface area contributed by atoms with Crippen LogP contribution in [0.15, 0.2) is 23.8 Å². The molecule has 0 saturated carbocycles. The van der Waals surface area contributed by atoms with Gasteiger partial charge in [0.1, 0.15) is 0 Å². The molecule has 78 valence electrons. The van der Waals surface area contributed by atoms with Gasteiger partial charge in [0, 0.05) is 11.1 Å². The average Bonchev–Trinajstić information content (AvgIpc) is 2.16. The second kappa shape index (κ2) is 2.61. The number of rotatable bonds is 1. The van der Waals surface area contributed by atoms with E-state index in [1.54, 1.807) is 6.08 Å². The highest BCUT2D eigenvalue weighted by Gasteiger charge is 2.70. The molecule has 14 heavy (non-hydrogen) atoms. The van der Waals surface area contributed by atoms with E-state index in [2.05, 4.69) is 6.58 Å². The van der Waals surface area contributed by atoms with Crippen molar-refractivity contribution in [2.75, 3.05) is 0 Å². The van der Waals surface area contributed by atoms with Crippen LogP contribution in [0.1, 0.15) is 19.3 Å². The Morgan fingerprint density at radius 2 is 1.71 bits per heavy atom. The quantitative estimate of drug-likeness (QED) is 0.454. The molecule has 4 heteroatoms.